The highest BCUT2D eigenvalue weighted by molar-refractivity contribution is 7.98. The fourth-order valence-corrected chi connectivity index (χ4v) is 4.34. The Bertz CT molecular complexity index is 885. The Morgan fingerprint density at radius 1 is 1.14 bits per heavy atom. The van der Waals surface area contributed by atoms with Crippen LogP contribution in [0.4, 0.5) is 4.39 Å². The minimum Gasteiger partial charge on any atom is -0.340 e. The lowest BCUT2D eigenvalue weighted by atomic mass is 10.1. The van der Waals surface area contributed by atoms with Gasteiger partial charge in [-0.05, 0) is 55.2 Å². The highest BCUT2D eigenvalue weighted by atomic mass is 32.2. The van der Waals surface area contributed by atoms with Crippen molar-refractivity contribution in [3.8, 4) is 0 Å². The van der Waals surface area contributed by atoms with Crippen molar-refractivity contribution < 1.29 is 17.6 Å². The lowest BCUT2D eigenvalue weighted by molar-refractivity contribution is -0.132. The first-order valence-corrected chi connectivity index (χ1v) is 11.7. The number of sulfonamides is 1. The molecular weight excluding hydrogens is 399 g/mol. The zero-order chi connectivity index (χ0) is 20.7. The van der Waals surface area contributed by atoms with Gasteiger partial charge in [-0.1, -0.05) is 29.8 Å². The molecule has 2 rings (SSSR count). The number of aryl methyl sites for hydroxylation is 1. The lowest BCUT2D eigenvalue weighted by Gasteiger charge is -2.24. The first-order chi connectivity index (χ1) is 13.2. The van der Waals surface area contributed by atoms with E-state index in [9.17, 15) is 17.6 Å². The Hall–Kier alpha value is -1.90. The SMILES string of the molecule is CSCCC(NS(=O)(=O)c1ccc(C)cc1)C(=O)N(C)Cc1ccc(F)cc1. The fourth-order valence-electron chi connectivity index (χ4n) is 2.65. The van der Waals surface area contributed by atoms with Crippen LogP contribution >= 0.6 is 11.8 Å². The molecule has 28 heavy (non-hydrogen) atoms. The molecule has 0 saturated carbocycles. The van der Waals surface area contributed by atoms with Gasteiger partial charge in [-0.3, -0.25) is 4.79 Å². The molecule has 0 aliphatic rings. The van der Waals surface area contributed by atoms with Crippen LogP contribution in [0.5, 0.6) is 0 Å². The molecule has 152 valence electrons. The lowest BCUT2D eigenvalue weighted by Crippen LogP contribution is -2.47. The molecule has 0 heterocycles. The van der Waals surface area contributed by atoms with E-state index >= 15 is 0 Å². The summed E-state index contributed by atoms with van der Waals surface area (Å²) in [6.45, 7) is 2.14. The molecular formula is C20H25FN2O3S2. The average Bonchev–Trinajstić information content (AvgIpc) is 2.66. The van der Waals surface area contributed by atoms with E-state index in [1.807, 2.05) is 13.2 Å². The predicted octanol–water partition coefficient (Wildman–Crippen LogP) is 3.19. The summed E-state index contributed by atoms with van der Waals surface area (Å²) in [7, 11) is -2.21. The first kappa shape index (κ1) is 22.4. The molecule has 2 aromatic rings. The van der Waals surface area contributed by atoms with Crippen molar-refractivity contribution in [1.82, 2.24) is 9.62 Å². The van der Waals surface area contributed by atoms with Crippen LogP contribution in [0.15, 0.2) is 53.4 Å². The molecule has 8 heteroatoms. The normalized spacial score (nSPS) is 12.6. The summed E-state index contributed by atoms with van der Waals surface area (Å²) >= 11 is 1.54. The maximum absolute atomic E-state index is 13.1. The molecule has 0 aromatic heterocycles. The third-order valence-electron chi connectivity index (χ3n) is 4.25. The number of benzene rings is 2. The monoisotopic (exact) mass is 424 g/mol. The van der Waals surface area contributed by atoms with Gasteiger partial charge in [0.15, 0.2) is 0 Å². The summed E-state index contributed by atoms with van der Waals surface area (Å²) in [6.07, 6.45) is 2.27. The molecule has 0 radical (unpaired) electrons. The first-order valence-electron chi connectivity index (χ1n) is 8.80. The van der Waals surface area contributed by atoms with Gasteiger partial charge in [0, 0.05) is 13.6 Å². The second-order valence-electron chi connectivity index (χ2n) is 6.59. The molecule has 0 aliphatic heterocycles. The van der Waals surface area contributed by atoms with Crippen molar-refractivity contribution in [2.24, 2.45) is 0 Å². The van der Waals surface area contributed by atoms with Crippen LogP contribution in [0.2, 0.25) is 0 Å². The minimum atomic E-state index is -3.82. The standard InChI is InChI=1S/C20H25FN2O3S2/c1-15-4-10-18(11-5-15)28(25,26)22-19(12-13-27-3)20(24)23(2)14-16-6-8-17(21)9-7-16/h4-11,19,22H,12-14H2,1-3H3. The maximum atomic E-state index is 13.1. The number of rotatable bonds is 9. The smallest absolute Gasteiger partial charge is 0.241 e. The number of halogens is 1. The van der Waals surface area contributed by atoms with Gasteiger partial charge in [-0.25, -0.2) is 12.8 Å². The van der Waals surface area contributed by atoms with Gasteiger partial charge in [0.05, 0.1) is 4.90 Å². The van der Waals surface area contributed by atoms with Gasteiger partial charge in [0.2, 0.25) is 15.9 Å². The molecule has 0 saturated heterocycles. The van der Waals surface area contributed by atoms with Crippen molar-refractivity contribution in [1.29, 1.82) is 0 Å². The van der Waals surface area contributed by atoms with Crippen LogP contribution in [-0.4, -0.2) is 44.3 Å². The highest BCUT2D eigenvalue weighted by Crippen LogP contribution is 2.14. The largest absolute Gasteiger partial charge is 0.340 e. The van der Waals surface area contributed by atoms with E-state index in [1.165, 1.54) is 29.2 Å². The van der Waals surface area contributed by atoms with Crippen LogP contribution in [-0.2, 0) is 21.4 Å². The predicted molar refractivity (Wildman–Crippen MR) is 111 cm³/mol. The molecule has 1 unspecified atom stereocenters. The summed E-state index contributed by atoms with van der Waals surface area (Å²) in [5.74, 6) is -0.0347. The molecule has 1 atom stereocenters. The van der Waals surface area contributed by atoms with Crippen LogP contribution in [0.25, 0.3) is 0 Å². The summed E-state index contributed by atoms with van der Waals surface area (Å²) < 4.78 is 41.0. The third-order valence-corrected chi connectivity index (χ3v) is 6.38. The summed E-state index contributed by atoms with van der Waals surface area (Å²) in [5, 5.41) is 0. The van der Waals surface area contributed by atoms with E-state index < -0.39 is 16.1 Å². The van der Waals surface area contributed by atoms with Gasteiger partial charge in [-0.15, -0.1) is 0 Å². The zero-order valence-electron chi connectivity index (χ0n) is 16.2. The summed E-state index contributed by atoms with van der Waals surface area (Å²) in [5.41, 5.74) is 1.72. The Kier molecular flexibility index (Phi) is 8.03. The van der Waals surface area contributed by atoms with Gasteiger partial charge >= 0.3 is 0 Å². The van der Waals surface area contributed by atoms with Gasteiger partial charge < -0.3 is 4.90 Å². The number of amides is 1. The van der Waals surface area contributed by atoms with Crippen molar-refractivity contribution in [3.63, 3.8) is 0 Å². The highest BCUT2D eigenvalue weighted by Gasteiger charge is 2.27. The number of carbonyl (C=O) groups excluding carboxylic acids is 1. The molecule has 2 aromatic carbocycles. The third kappa shape index (κ3) is 6.32. The van der Waals surface area contributed by atoms with Crippen LogP contribution in [0.3, 0.4) is 0 Å². The molecule has 0 aliphatic carbocycles. The molecule has 0 spiro atoms. The number of nitrogens with zero attached hydrogens (tertiary/aromatic N) is 1. The van der Waals surface area contributed by atoms with E-state index in [1.54, 1.807) is 43.1 Å². The number of hydrogen-bond donors (Lipinski definition) is 1. The molecule has 0 fully saturated rings. The van der Waals surface area contributed by atoms with Gasteiger partial charge in [0.1, 0.15) is 11.9 Å². The van der Waals surface area contributed by atoms with Crippen LogP contribution < -0.4 is 4.72 Å². The summed E-state index contributed by atoms with van der Waals surface area (Å²) in [6, 6.07) is 11.5. The van der Waals surface area contributed by atoms with Crippen molar-refractivity contribution in [3.05, 3.63) is 65.5 Å². The topological polar surface area (TPSA) is 66.5 Å². The zero-order valence-corrected chi connectivity index (χ0v) is 17.8. The van der Waals surface area contributed by atoms with Crippen molar-refractivity contribution in [2.75, 3.05) is 19.1 Å². The Labute approximate surface area is 170 Å². The number of likely N-dealkylation sites (N-methyl/N-ethyl adjacent to an activating group) is 1. The Morgan fingerprint density at radius 3 is 2.32 bits per heavy atom. The molecule has 1 amide bonds. The van der Waals surface area contributed by atoms with Crippen LogP contribution in [0, 0.1) is 12.7 Å². The number of thioether (sulfide) groups is 1. The van der Waals surface area contributed by atoms with Gasteiger partial charge in [-0.2, -0.15) is 16.5 Å². The van der Waals surface area contributed by atoms with Gasteiger partial charge in [0.25, 0.3) is 0 Å². The molecule has 5 nitrogen and oxygen atoms in total. The minimum absolute atomic E-state index is 0.126. The fraction of sp³-hybridized carbons (Fsp3) is 0.350. The summed E-state index contributed by atoms with van der Waals surface area (Å²) in [4.78, 5) is 14.5. The van der Waals surface area contributed by atoms with E-state index in [0.29, 0.717) is 12.2 Å². The Balaban J connectivity index is 2.15. The number of carbonyl (C=O) groups is 1. The second-order valence-corrected chi connectivity index (χ2v) is 9.29. The second kappa shape index (κ2) is 10.0. The van der Waals surface area contributed by atoms with Crippen molar-refractivity contribution in [2.45, 2.75) is 30.8 Å². The maximum Gasteiger partial charge on any atom is 0.241 e. The molecule has 1 N–H and O–H groups in total. The van der Waals surface area contributed by atoms with E-state index in [2.05, 4.69) is 4.72 Å². The van der Waals surface area contributed by atoms with E-state index in [-0.39, 0.29) is 23.2 Å². The van der Waals surface area contributed by atoms with E-state index in [0.717, 1.165) is 11.1 Å². The quantitative estimate of drug-likeness (QED) is 0.671. The van der Waals surface area contributed by atoms with Crippen molar-refractivity contribution >= 4 is 27.7 Å². The Morgan fingerprint density at radius 2 is 1.75 bits per heavy atom. The number of hydrogen-bond acceptors (Lipinski definition) is 4. The molecule has 0 bridgehead atoms. The van der Waals surface area contributed by atoms with Crippen LogP contribution in [0.1, 0.15) is 17.5 Å². The average molecular weight is 425 g/mol. The number of nitrogens with one attached hydrogen (secondary N) is 1. The van der Waals surface area contributed by atoms with E-state index in [4.69, 9.17) is 0 Å².